The van der Waals surface area contributed by atoms with E-state index in [-0.39, 0.29) is 12.6 Å². The molecule has 130 valence electrons. The van der Waals surface area contributed by atoms with Crippen molar-refractivity contribution in [1.82, 2.24) is 30.1 Å². The van der Waals surface area contributed by atoms with Crippen molar-refractivity contribution in [2.24, 2.45) is 4.99 Å². The highest BCUT2D eigenvalue weighted by Crippen LogP contribution is 2.22. The molecule has 1 aliphatic rings. The molecule has 23 heavy (non-hydrogen) atoms. The van der Waals surface area contributed by atoms with Gasteiger partial charge in [0.25, 0.3) is 0 Å². The Morgan fingerprint density at radius 3 is 2.96 bits per heavy atom. The number of nitrogens with one attached hydrogen (secondary N) is 3. The molecule has 9 nitrogen and oxygen atoms in total. The van der Waals surface area contributed by atoms with Crippen LogP contribution >= 0.6 is 0 Å². The smallest absolute Gasteiger partial charge is 0.208 e. The van der Waals surface area contributed by atoms with Crippen LogP contribution in [0.5, 0.6) is 0 Å². The van der Waals surface area contributed by atoms with Gasteiger partial charge in [-0.25, -0.2) is 22.8 Å². The molecule has 0 fully saturated rings. The standard InChI is InChI=1S/C13H25N7O2S/c1-4-14-13(15-7-8-16-23(3,21)22)18-11-6-5-9-20-12(11)17-10(2)19-20/h11,16H,4-9H2,1-3H3,(H2,14,15,18). The molecule has 2 heterocycles. The Balaban J connectivity index is 1.99. The van der Waals surface area contributed by atoms with Crippen LogP contribution in [0.4, 0.5) is 0 Å². The van der Waals surface area contributed by atoms with E-state index < -0.39 is 10.0 Å². The number of sulfonamides is 1. The number of hydrogen-bond acceptors (Lipinski definition) is 5. The zero-order chi connectivity index (χ0) is 16.9. The minimum absolute atomic E-state index is 0.0608. The van der Waals surface area contributed by atoms with Gasteiger partial charge in [0.15, 0.2) is 5.96 Å². The van der Waals surface area contributed by atoms with Crippen LogP contribution in [0.2, 0.25) is 0 Å². The number of aromatic nitrogens is 3. The first kappa shape index (κ1) is 17.7. The average Bonchev–Trinajstić information content (AvgIpc) is 2.84. The summed E-state index contributed by atoms with van der Waals surface area (Å²) in [5, 5.41) is 10.9. The van der Waals surface area contributed by atoms with E-state index in [2.05, 4.69) is 30.4 Å². The highest BCUT2D eigenvalue weighted by molar-refractivity contribution is 7.88. The number of hydrogen-bond donors (Lipinski definition) is 3. The summed E-state index contributed by atoms with van der Waals surface area (Å²) in [4.78, 5) is 8.89. The van der Waals surface area contributed by atoms with Crippen LogP contribution in [0.15, 0.2) is 4.99 Å². The molecule has 1 aliphatic heterocycles. The van der Waals surface area contributed by atoms with E-state index >= 15 is 0 Å². The van der Waals surface area contributed by atoms with Gasteiger partial charge in [0.2, 0.25) is 10.0 Å². The van der Waals surface area contributed by atoms with Gasteiger partial charge in [-0.3, -0.25) is 4.99 Å². The third-order valence-electron chi connectivity index (χ3n) is 3.38. The third-order valence-corrected chi connectivity index (χ3v) is 4.11. The quantitative estimate of drug-likeness (QED) is 0.365. The number of nitrogens with zero attached hydrogens (tertiary/aromatic N) is 4. The third kappa shape index (κ3) is 5.47. The average molecular weight is 343 g/mol. The Morgan fingerprint density at radius 1 is 1.48 bits per heavy atom. The van der Waals surface area contributed by atoms with Crippen molar-refractivity contribution in [2.45, 2.75) is 39.3 Å². The maximum absolute atomic E-state index is 11.0. The Labute approximate surface area is 137 Å². The Morgan fingerprint density at radius 2 is 2.26 bits per heavy atom. The molecule has 1 aromatic heterocycles. The van der Waals surface area contributed by atoms with Crippen LogP contribution in [0.25, 0.3) is 0 Å². The molecule has 10 heteroatoms. The topological polar surface area (TPSA) is 113 Å². The van der Waals surface area contributed by atoms with Gasteiger partial charge in [-0.05, 0) is 26.7 Å². The van der Waals surface area contributed by atoms with E-state index in [0.717, 1.165) is 43.8 Å². The Hall–Kier alpha value is -1.68. The molecule has 0 saturated carbocycles. The SMILES string of the molecule is CCNC(=NCCNS(C)(=O)=O)NC1CCCn2nc(C)nc21. The molecule has 2 rings (SSSR count). The maximum atomic E-state index is 11.0. The fourth-order valence-electron chi connectivity index (χ4n) is 2.49. The van der Waals surface area contributed by atoms with Crippen molar-refractivity contribution in [1.29, 1.82) is 0 Å². The van der Waals surface area contributed by atoms with Gasteiger partial charge in [0.05, 0.1) is 18.8 Å². The summed E-state index contributed by atoms with van der Waals surface area (Å²) in [6, 6.07) is 0.0608. The Bertz CT molecular complexity index is 653. The molecule has 3 N–H and O–H groups in total. The summed E-state index contributed by atoms with van der Waals surface area (Å²) in [5.41, 5.74) is 0. The normalized spacial score (nSPS) is 18.6. The Kier molecular flexibility index (Phi) is 5.94. The number of rotatable bonds is 6. The van der Waals surface area contributed by atoms with E-state index in [1.165, 1.54) is 0 Å². The lowest BCUT2D eigenvalue weighted by molar-refractivity contribution is 0.397. The predicted octanol–water partition coefficient (Wildman–Crippen LogP) is -0.474. The van der Waals surface area contributed by atoms with Crippen LogP contribution < -0.4 is 15.4 Å². The second-order valence-electron chi connectivity index (χ2n) is 5.51. The molecular weight excluding hydrogens is 318 g/mol. The van der Waals surface area contributed by atoms with Crippen LogP contribution in [0, 0.1) is 6.92 Å². The summed E-state index contributed by atoms with van der Waals surface area (Å²) < 4.78 is 26.5. The molecule has 0 radical (unpaired) electrons. The van der Waals surface area contributed by atoms with Crippen molar-refractivity contribution in [2.75, 3.05) is 25.9 Å². The molecule has 0 spiro atoms. The van der Waals surface area contributed by atoms with E-state index in [9.17, 15) is 8.42 Å². The molecule has 1 unspecified atom stereocenters. The second kappa shape index (κ2) is 7.73. The number of aliphatic imine (C=N–C) groups is 1. The van der Waals surface area contributed by atoms with Gasteiger partial charge in [-0.15, -0.1) is 0 Å². The van der Waals surface area contributed by atoms with Gasteiger partial charge in [0.1, 0.15) is 11.6 Å². The molecule has 0 aliphatic carbocycles. The fourth-order valence-corrected chi connectivity index (χ4v) is 2.95. The zero-order valence-electron chi connectivity index (χ0n) is 13.8. The van der Waals surface area contributed by atoms with Crippen molar-refractivity contribution in [3.8, 4) is 0 Å². The molecule has 0 saturated heterocycles. The molecule has 0 amide bonds. The van der Waals surface area contributed by atoms with E-state index in [4.69, 9.17) is 0 Å². The maximum Gasteiger partial charge on any atom is 0.208 e. The lowest BCUT2D eigenvalue weighted by atomic mass is 10.1. The van der Waals surface area contributed by atoms with Gasteiger partial charge < -0.3 is 10.6 Å². The first-order chi connectivity index (χ1) is 10.9. The molecule has 1 atom stereocenters. The van der Waals surface area contributed by atoms with E-state index in [0.29, 0.717) is 12.5 Å². The van der Waals surface area contributed by atoms with Gasteiger partial charge in [-0.1, -0.05) is 0 Å². The van der Waals surface area contributed by atoms with Crippen LogP contribution in [-0.4, -0.2) is 55.0 Å². The van der Waals surface area contributed by atoms with Crippen LogP contribution in [0.3, 0.4) is 0 Å². The van der Waals surface area contributed by atoms with Crippen LogP contribution in [-0.2, 0) is 16.6 Å². The summed E-state index contributed by atoms with van der Waals surface area (Å²) in [5.74, 6) is 2.35. The lowest BCUT2D eigenvalue weighted by Gasteiger charge is -2.25. The lowest BCUT2D eigenvalue weighted by Crippen LogP contribution is -2.42. The van der Waals surface area contributed by atoms with Crippen molar-refractivity contribution >= 4 is 16.0 Å². The second-order valence-corrected chi connectivity index (χ2v) is 7.34. The van der Waals surface area contributed by atoms with Gasteiger partial charge in [-0.2, -0.15) is 5.10 Å². The predicted molar refractivity (Wildman–Crippen MR) is 88.7 cm³/mol. The largest absolute Gasteiger partial charge is 0.357 e. The number of aryl methyl sites for hydroxylation is 2. The van der Waals surface area contributed by atoms with Gasteiger partial charge >= 0.3 is 0 Å². The minimum atomic E-state index is -3.18. The first-order valence-corrected chi connectivity index (χ1v) is 9.69. The highest BCUT2D eigenvalue weighted by atomic mass is 32.2. The highest BCUT2D eigenvalue weighted by Gasteiger charge is 2.24. The summed E-state index contributed by atoms with van der Waals surface area (Å²) in [7, 11) is -3.18. The summed E-state index contributed by atoms with van der Waals surface area (Å²) in [6.07, 6.45) is 3.13. The number of fused-ring (bicyclic) bond motifs is 1. The van der Waals surface area contributed by atoms with Crippen molar-refractivity contribution in [3.63, 3.8) is 0 Å². The molecule has 0 aromatic carbocycles. The fraction of sp³-hybridized carbons (Fsp3) is 0.769. The summed E-state index contributed by atoms with van der Waals surface area (Å²) in [6.45, 7) is 6.12. The summed E-state index contributed by atoms with van der Waals surface area (Å²) >= 11 is 0. The molecular formula is C13H25N7O2S. The van der Waals surface area contributed by atoms with E-state index in [1.807, 2.05) is 18.5 Å². The van der Waals surface area contributed by atoms with Crippen molar-refractivity contribution in [3.05, 3.63) is 11.6 Å². The van der Waals surface area contributed by atoms with Crippen molar-refractivity contribution < 1.29 is 8.42 Å². The number of guanidine groups is 1. The first-order valence-electron chi connectivity index (χ1n) is 7.80. The minimum Gasteiger partial charge on any atom is -0.357 e. The zero-order valence-corrected chi connectivity index (χ0v) is 14.7. The van der Waals surface area contributed by atoms with Crippen LogP contribution in [0.1, 0.15) is 37.5 Å². The molecule has 1 aromatic rings. The molecule has 0 bridgehead atoms. The van der Waals surface area contributed by atoms with E-state index in [1.54, 1.807) is 0 Å². The monoisotopic (exact) mass is 343 g/mol. The van der Waals surface area contributed by atoms with Gasteiger partial charge in [0, 0.05) is 19.6 Å².